The second-order valence-corrected chi connectivity index (χ2v) is 6.04. The van der Waals surface area contributed by atoms with Gasteiger partial charge < -0.3 is 25.5 Å². The normalized spacial score (nSPS) is 13.7. The van der Waals surface area contributed by atoms with Crippen LogP contribution in [0.5, 0.6) is 0 Å². The zero-order chi connectivity index (χ0) is 18.8. The number of hydrogen-bond acceptors (Lipinski definition) is 4. The molecule has 1 aromatic heterocycles. The Kier molecular flexibility index (Phi) is 7.23. The molecule has 1 aromatic carbocycles. The van der Waals surface area contributed by atoms with E-state index in [0.29, 0.717) is 24.8 Å². The maximum atomic E-state index is 11.9. The van der Waals surface area contributed by atoms with Crippen molar-refractivity contribution >= 4 is 11.9 Å². The molecule has 7 nitrogen and oxygen atoms in total. The largest absolute Gasteiger partial charge is 0.467 e. The minimum atomic E-state index is -1.06. The van der Waals surface area contributed by atoms with Crippen molar-refractivity contribution in [1.29, 1.82) is 0 Å². The van der Waals surface area contributed by atoms with E-state index >= 15 is 0 Å². The SMILES string of the molecule is CCNC(=NCC(=O)NCc1ccco1)NCC(C)(O)c1ccccc1. The maximum absolute atomic E-state index is 11.9. The molecule has 1 heterocycles. The molecule has 0 aliphatic carbocycles. The van der Waals surface area contributed by atoms with Crippen molar-refractivity contribution in [3.8, 4) is 0 Å². The Morgan fingerprint density at radius 3 is 2.58 bits per heavy atom. The summed E-state index contributed by atoms with van der Waals surface area (Å²) in [6.45, 7) is 4.88. The molecule has 26 heavy (non-hydrogen) atoms. The highest BCUT2D eigenvalue weighted by Crippen LogP contribution is 2.18. The number of nitrogens with one attached hydrogen (secondary N) is 3. The van der Waals surface area contributed by atoms with Crippen molar-refractivity contribution in [1.82, 2.24) is 16.0 Å². The topological polar surface area (TPSA) is 98.9 Å². The summed E-state index contributed by atoms with van der Waals surface area (Å²) in [5.41, 5.74) is -0.251. The molecule has 0 fully saturated rings. The Hall–Kier alpha value is -2.80. The predicted molar refractivity (Wildman–Crippen MR) is 101 cm³/mol. The Morgan fingerprint density at radius 2 is 1.92 bits per heavy atom. The van der Waals surface area contributed by atoms with Crippen LogP contribution in [0.4, 0.5) is 0 Å². The molecule has 0 bridgehead atoms. The second kappa shape index (κ2) is 9.62. The minimum absolute atomic E-state index is 0.0243. The van der Waals surface area contributed by atoms with Gasteiger partial charge in [-0.25, -0.2) is 4.99 Å². The lowest BCUT2D eigenvalue weighted by atomic mass is 9.96. The third-order valence-electron chi connectivity index (χ3n) is 3.76. The summed E-state index contributed by atoms with van der Waals surface area (Å²) in [4.78, 5) is 16.2. The van der Waals surface area contributed by atoms with E-state index in [-0.39, 0.29) is 19.0 Å². The van der Waals surface area contributed by atoms with Crippen molar-refractivity contribution in [3.05, 3.63) is 60.1 Å². The number of hydrogen-bond donors (Lipinski definition) is 4. The minimum Gasteiger partial charge on any atom is -0.467 e. The lowest BCUT2D eigenvalue weighted by Crippen LogP contribution is -2.45. The molecule has 0 spiro atoms. The van der Waals surface area contributed by atoms with E-state index < -0.39 is 5.60 Å². The third kappa shape index (κ3) is 6.25. The Balaban J connectivity index is 1.86. The first-order valence-corrected chi connectivity index (χ1v) is 8.60. The fourth-order valence-electron chi connectivity index (χ4n) is 2.30. The van der Waals surface area contributed by atoms with Crippen LogP contribution in [-0.4, -0.2) is 36.6 Å². The van der Waals surface area contributed by atoms with Crippen LogP contribution in [0, 0.1) is 0 Å². The number of rotatable bonds is 8. The third-order valence-corrected chi connectivity index (χ3v) is 3.76. The molecule has 1 amide bonds. The number of nitrogens with zero attached hydrogens (tertiary/aromatic N) is 1. The number of guanidine groups is 1. The van der Waals surface area contributed by atoms with E-state index in [1.54, 1.807) is 25.3 Å². The molecule has 0 radical (unpaired) electrons. The molecule has 0 aliphatic heterocycles. The van der Waals surface area contributed by atoms with Crippen molar-refractivity contribution in [2.75, 3.05) is 19.6 Å². The standard InChI is InChI=1S/C19H26N4O3/c1-3-20-18(22-13-17(24)21-12-16-10-7-11-26-16)23-14-19(2,25)15-8-5-4-6-9-15/h4-11,25H,3,12-14H2,1-2H3,(H,21,24)(H2,20,22,23). The van der Waals surface area contributed by atoms with Crippen LogP contribution in [0.15, 0.2) is 58.1 Å². The Labute approximate surface area is 153 Å². The lowest BCUT2D eigenvalue weighted by Gasteiger charge is -2.25. The molecule has 0 saturated heterocycles. The summed E-state index contributed by atoms with van der Waals surface area (Å²) in [5, 5.41) is 19.5. The molecule has 140 valence electrons. The molecule has 0 aliphatic rings. The monoisotopic (exact) mass is 358 g/mol. The van der Waals surface area contributed by atoms with Crippen LogP contribution >= 0.6 is 0 Å². The lowest BCUT2D eigenvalue weighted by molar-refractivity contribution is -0.119. The highest BCUT2D eigenvalue weighted by molar-refractivity contribution is 5.84. The van der Waals surface area contributed by atoms with Gasteiger partial charge in [-0.3, -0.25) is 4.79 Å². The zero-order valence-electron chi connectivity index (χ0n) is 15.2. The number of amides is 1. The molecular formula is C19H26N4O3. The van der Waals surface area contributed by atoms with Crippen molar-refractivity contribution in [2.45, 2.75) is 26.0 Å². The van der Waals surface area contributed by atoms with Crippen LogP contribution in [-0.2, 0) is 16.9 Å². The van der Waals surface area contributed by atoms with Gasteiger partial charge in [-0.1, -0.05) is 30.3 Å². The van der Waals surface area contributed by atoms with Gasteiger partial charge in [-0.15, -0.1) is 0 Å². The molecule has 0 saturated carbocycles. The van der Waals surface area contributed by atoms with Crippen molar-refractivity contribution < 1.29 is 14.3 Å². The number of benzene rings is 1. The van der Waals surface area contributed by atoms with E-state index in [1.807, 2.05) is 37.3 Å². The number of aliphatic hydroxyl groups is 1. The second-order valence-electron chi connectivity index (χ2n) is 6.04. The van der Waals surface area contributed by atoms with E-state index in [4.69, 9.17) is 4.42 Å². The molecule has 4 N–H and O–H groups in total. The van der Waals surface area contributed by atoms with E-state index in [9.17, 15) is 9.90 Å². The molecule has 1 atom stereocenters. The molecule has 2 rings (SSSR count). The first-order valence-electron chi connectivity index (χ1n) is 8.60. The summed E-state index contributed by atoms with van der Waals surface area (Å²) in [6, 6.07) is 13.0. The highest BCUT2D eigenvalue weighted by Gasteiger charge is 2.22. The maximum Gasteiger partial charge on any atom is 0.242 e. The van der Waals surface area contributed by atoms with E-state index in [2.05, 4.69) is 20.9 Å². The Morgan fingerprint density at radius 1 is 1.15 bits per heavy atom. The highest BCUT2D eigenvalue weighted by atomic mass is 16.3. The summed E-state index contributed by atoms with van der Waals surface area (Å²) in [6.07, 6.45) is 1.56. The fourth-order valence-corrected chi connectivity index (χ4v) is 2.30. The van der Waals surface area contributed by atoms with Gasteiger partial charge in [0.15, 0.2) is 5.96 Å². The van der Waals surface area contributed by atoms with Crippen molar-refractivity contribution in [3.63, 3.8) is 0 Å². The predicted octanol–water partition coefficient (Wildman–Crippen LogP) is 1.36. The molecule has 7 heteroatoms. The van der Waals surface area contributed by atoms with Gasteiger partial charge in [0.25, 0.3) is 0 Å². The van der Waals surface area contributed by atoms with Crippen LogP contribution in [0.3, 0.4) is 0 Å². The molecule has 1 unspecified atom stereocenters. The first-order chi connectivity index (χ1) is 12.5. The average molecular weight is 358 g/mol. The van der Waals surface area contributed by atoms with Gasteiger partial charge in [0.05, 0.1) is 19.4 Å². The van der Waals surface area contributed by atoms with Crippen LogP contribution < -0.4 is 16.0 Å². The van der Waals surface area contributed by atoms with Gasteiger partial charge in [0, 0.05) is 6.54 Å². The zero-order valence-corrected chi connectivity index (χ0v) is 15.2. The smallest absolute Gasteiger partial charge is 0.242 e. The summed E-state index contributed by atoms with van der Waals surface area (Å²) >= 11 is 0. The van der Waals surface area contributed by atoms with Crippen LogP contribution in [0.2, 0.25) is 0 Å². The van der Waals surface area contributed by atoms with Crippen molar-refractivity contribution in [2.24, 2.45) is 4.99 Å². The first kappa shape index (κ1) is 19.5. The van der Waals surface area contributed by atoms with Gasteiger partial charge >= 0.3 is 0 Å². The number of aliphatic imine (C=N–C) groups is 1. The Bertz CT molecular complexity index is 697. The van der Waals surface area contributed by atoms with Crippen LogP contribution in [0.1, 0.15) is 25.2 Å². The van der Waals surface area contributed by atoms with Gasteiger partial charge in [0.1, 0.15) is 17.9 Å². The molecule has 2 aromatic rings. The number of carbonyl (C=O) groups excluding carboxylic acids is 1. The fraction of sp³-hybridized carbons (Fsp3) is 0.368. The van der Waals surface area contributed by atoms with Crippen LogP contribution in [0.25, 0.3) is 0 Å². The van der Waals surface area contributed by atoms with E-state index in [0.717, 1.165) is 5.56 Å². The quantitative estimate of drug-likeness (QED) is 0.422. The van der Waals surface area contributed by atoms with Gasteiger partial charge in [-0.2, -0.15) is 0 Å². The number of carbonyl (C=O) groups is 1. The molecular weight excluding hydrogens is 332 g/mol. The summed E-state index contributed by atoms with van der Waals surface area (Å²) in [5.74, 6) is 0.941. The van der Waals surface area contributed by atoms with Gasteiger partial charge in [-0.05, 0) is 31.5 Å². The van der Waals surface area contributed by atoms with E-state index in [1.165, 1.54) is 0 Å². The number of furan rings is 1. The summed E-state index contributed by atoms with van der Waals surface area (Å²) in [7, 11) is 0. The van der Waals surface area contributed by atoms with Gasteiger partial charge in [0.2, 0.25) is 5.91 Å². The summed E-state index contributed by atoms with van der Waals surface area (Å²) < 4.78 is 5.16. The average Bonchev–Trinajstić information content (AvgIpc) is 3.16.